The molecule has 0 unspecified atom stereocenters. The zero-order valence-electron chi connectivity index (χ0n) is 16.7. The Labute approximate surface area is 175 Å². The summed E-state index contributed by atoms with van der Waals surface area (Å²) in [5.74, 6) is 0.258. The van der Waals surface area contributed by atoms with Crippen molar-refractivity contribution in [3.05, 3.63) is 65.9 Å². The molecule has 0 bridgehead atoms. The number of nitrogens with zero attached hydrogens (tertiary/aromatic N) is 2. The molecule has 7 heteroatoms. The van der Waals surface area contributed by atoms with Crippen molar-refractivity contribution in [2.75, 3.05) is 11.9 Å². The number of anilines is 1. The number of nitrogens with one attached hydrogen (secondary N) is 2. The normalized spacial score (nSPS) is 19.9. The Hall–Kier alpha value is -3.03. The van der Waals surface area contributed by atoms with Crippen molar-refractivity contribution in [1.82, 2.24) is 15.3 Å². The Morgan fingerprint density at radius 3 is 2.60 bits per heavy atom. The summed E-state index contributed by atoms with van der Waals surface area (Å²) < 4.78 is 0. The maximum Gasteiger partial charge on any atom is 0.251 e. The number of rotatable bonds is 6. The molecule has 1 aliphatic rings. The predicted octanol–water partition coefficient (Wildman–Crippen LogP) is 2.81. The summed E-state index contributed by atoms with van der Waals surface area (Å²) in [5.41, 5.74) is 2.00. The third-order valence-electron chi connectivity index (χ3n) is 5.56. The molecule has 1 fully saturated rings. The molecular weight excluding hydrogens is 380 g/mol. The Morgan fingerprint density at radius 2 is 1.87 bits per heavy atom. The van der Waals surface area contributed by atoms with Gasteiger partial charge in [0.15, 0.2) is 0 Å². The van der Waals surface area contributed by atoms with Gasteiger partial charge in [-0.15, -0.1) is 0 Å². The maximum absolute atomic E-state index is 12.8. The van der Waals surface area contributed by atoms with Crippen LogP contribution in [0.5, 0.6) is 0 Å². The number of aromatic nitrogens is 2. The monoisotopic (exact) mass is 406 g/mol. The number of aliphatic hydroxyl groups excluding tert-OH is 2. The van der Waals surface area contributed by atoms with Crippen molar-refractivity contribution >= 4 is 22.8 Å². The van der Waals surface area contributed by atoms with E-state index in [-0.39, 0.29) is 24.7 Å². The van der Waals surface area contributed by atoms with Gasteiger partial charge in [0, 0.05) is 23.2 Å². The zero-order valence-corrected chi connectivity index (χ0v) is 16.7. The van der Waals surface area contributed by atoms with Crippen LogP contribution in [0.3, 0.4) is 0 Å². The van der Waals surface area contributed by atoms with Crippen LogP contribution in [-0.2, 0) is 0 Å². The van der Waals surface area contributed by atoms with Gasteiger partial charge in [-0.05, 0) is 43.4 Å². The molecule has 4 N–H and O–H groups in total. The number of carbonyl (C=O) groups excluding carboxylic acids is 1. The number of fused-ring (bicyclic) bond motifs is 1. The van der Waals surface area contributed by atoms with Crippen LogP contribution < -0.4 is 10.6 Å². The van der Waals surface area contributed by atoms with Gasteiger partial charge in [-0.3, -0.25) is 4.79 Å². The van der Waals surface area contributed by atoms with Crippen LogP contribution in [0.2, 0.25) is 0 Å². The molecule has 4 rings (SSSR count). The van der Waals surface area contributed by atoms with Crippen LogP contribution in [0.1, 0.15) is 47.6 Å². The van der Waals surface area contributed by atoms with E-state index < -0.39 is 6.04 Å². The summed E-state index contributed by atoms with van der Waals surface area (Å²) in [6.07, 6.45) is 4.86. The zero-order chi connectivity index (χ0) is 20.9. The van der Waals surface area contributed by atoms with E-state index in [0.29, 0.717) is 17.0 Å². The van der Waals surface area contributed by atoms with E-state index in [9.17, 15) is 15.0 Å². The molecule has 7 nitrogen and oxygen atoms in total. The van der Waals surface area contributed by atoms with Gasteiger partial charge in [-0.2, -0.15) is 0 Å². The first-order valence-corrected chi connectivity index (χ1v) is 10.3. The van der Waals surface area contributed by atoms with Crippen molar-refractivity contribution in [2.24, 2.45) is 0 Å². The molecule has 1 heterocycles. The molecular formula is C23H26N4O3. The number of amides is 1. The minimum atomic E-state index is -0.473. The quantitative estimate of drug-likeness (QED) is 0.501. The van der Waals surface area contributed by atoms with E-state index in [2.05, 4.69) is 20.6 Å². The molecule has 1 amide bonds. The lowest BCUT2D eigenvalue weighted by Gasteiger charge is -2.26. The highest BCUT2D eigenvalue weighted by Crippen LogP contribution is 2.22. The van der Waals surface area contributed by atoms with Crippen LogP contribution in [0.25, 0.3) is 10.9 Å². The first-order valence-electron chi connectivity index (χ1n) is 10.3. The number of hydrogen-bond acceptors (Lipinski definition) is 6. The largest absolute Gasteiger partial charge is 0.394 e. The molecule has 30 heavy (non-hydrogen) atoms. The first-order chi connectivity index (χ1) is 14.6. The number of aliphatic hydroxyl groups is 2. The van der Waals surface area contributed by atoms with E-state index in [1.54, 1.807) is 18.3 Å². The fraction of sp³-hybridized carbons (Fsp3) is 0.348. The lowest BCUT2D eigenvalue weighted by molar-refractivity contribution is 0.0916. The predicted molar refractivity (Wildman–Crippen MR) is 115 cm³/mol. The van der Waals surface area contributed by atoms with Crippen LogP contribution in [0.4, 0.5) is 5.95 Å². The summed E-state index contributed by atoms with van der Waals surface area (Å²) in [7, 11) is 0. The smallest absolute Gasteiger partial charge is 0.251 e. The first kappa shape index (κ1) is 20.3. The third-order valence-corrected chi connectivity index (χ3v) is 5.56. The second-order valence-electron chi connectivity index (χ2n) is 7.74. The minimum absolute atomic E-state index is 0.185. The van der Waals surface area contributed by atoms with Gasteiger partial charge in [0.2, 0.25) is 5.95 Å². The van der Waals surface area contributed by atoms with Crippen molar-refractivity contribution in [2.45, 2.75) is 43.9 Å². The van der Waals surface area contributed by atoms with E-state index in [0.717, 1.165) is 36.6 Å². The van der Waals surface area contributed by atoms with Crippen LogP contribution >= 0.6 is 0 Å². The molecule has 1 aromatic heterocycles. The second-order valence-corrected chi connectivity index (χ2v) is 7.74. The summed E-state index contributed by atoms with van der Waals surface area (Å²) in [5, 5.41) is 26.4. The van der Waals surface area contributed by atoms with Crippen molar-refractivity contribution in [3.63, 3.8) is 0 Å². The molecule has 1 aliphatic carbocycles. The fourth-order valence-corrected chi connectivity index (χ4v) is 3.80. The summed E-state index contributed by atoms with van der Waals surface area (Å²) >= 11 is 0. The summed E-state index contributed by atoms with van der Waals surface area (Å²) in [4.78, 5) is 21.7. The molecule has 1 atom stereocenters. The van der Waals surface area contributed by atoms with Crippen molar-refractivity contribution < 1.29 is 15.0 Å². The number of carbonyl (C=O) groups is 1. The standard InChI is InChI=1S/C23H26N4O3/c28-14-21(15-4-2-1-3-5-15)26-22(30)16-6-7-17-13-24-23(27-20(17)12-16)25-18-8-10-19(29)11-9-18/h1-7,12-13,18-19,21,28-29H,8-11,14H2,(H,26,30)(H,24,25,27)/t18-,19-,21-/m0/s1. The molecule has 0 saturated heterocycles. The fourth-order valence-electron chi connectivity index (χ4n) is 3.80. The summed E-state index contributed by atoms with van der Waals surface area (Å²) in [6, 6.07) is 14.4. The molecule has 1 saturated carbocycles. The third kappa shape index (κ3) is 4.75. The highest BCUT2D eigenvalue weighted by molar-refractivity contribution is 5.98. The van der Waals surface area contributed by atoms with Crippen LogP contribution in [0, 0.1) is 0 Å². The molecule has 0 aliphatic heterocycles. The van der Waals surface area contributed by atoms with Crippen LogP contribution in [-0.4, -0.2) is 44.8 Å². The highest BCUT2D eigenvalue weighted by atomic mass is 16.3. The lowest BCUT2D eigenvalue weighted by atomic mass is 9.93. The lowest BCUT2D eigenvalue weighted by Crippen LogP contribution is -2.30. The average molecular weight is 406 g/mol. The van der Waals surface area contributed by atoms with E-state index in [1.807, 2.05) is 36.4 Å². The molecule has 2 aromatic carbocycles. The van der Waals surface area contributed by atoms with Gasteiger partial charge in [0.05, 0.1) is 24.3 Å². The minimum Gasteiger partial charge on any atom is -0.394 e. The molecule has 0 spiro atoms. The average Bonchev–Trinajstić information content (AvgIpc) is 2.79. The van der Waals surface area contributed by atoms with Gasteiger partial charge < -0.3 is 20.8 Å². The van der Waals surface area contributed by atoms with Crippen LogP contribution in [0.15, 0.2) is 54.7 Å². The van der Waals surface area contributed by atoms with Crippen molar-refractivity contribution in [3.8, 4) is 0 Å². The Bertz CT molecular complexity index is 1000. The molecule has 3 aromatic rings. The Kier molecular flexibility index (Phi) is 6.21. The topological polar surface area (TPSA) is 107 Å². The Morgan fingerprint density at radius 1 is 1.10 bits per heavy atom. The molecule has 156 valence electrons. The maximum atomic E-state index is 12.8. The Balaban J connectivity index is 1.49. The van der Waals surface area contributed by atoms with E-state index in [4.69, 9.17) is 0 Å². The highest BCUT2D eigenvalue weighted by Gasteiger charge is 2.20. The SMILES string of the molecule is O=C(N[C@@H](CO)c1ccccc1)c1ccc2cnc(N[C@H]3CC[C@H](O)CC3)nc2c1. The number of hydrogen-bond donors (Lipinski definition) is 4. The van der Waals surface area contributed by atoms with Gasteiger partial charge >= 0.3 is 0 Å². The summed E-state index contributed by atoms with van der Waals surface area (Å²) in [6.45, 7) is -0.185. The van der Waals surface area contributed by atoms with Gasteiger partial charge in [-0.1, -0.05) is 36.4 Å². The van der Waals surface area contributed by atoms with E-state index in [1.165, 1.54) is 0 Å². The van der Waals surface area contributed by atoms with Gasteiger partial charge in [0.25, 0.3) is 5.91 Å². The number of benzene rings is 2. The van der Waals surface area contributed by atoms with Crippen molar-refractivity contribution in [1.29, 1.82) is 0 Å². The second kappa shape index (κ2) is 9.19. The molecule has 0 radical (unpaired) electrons. The van der Waals surface area contributed by atoms with E-state index >= 15 is 0 Å². The van der Waals surface area contributed by atoms with Gasteiger partial charge in [0.1, 0.15) is 0 Å². The van der Waals surface area contributed by atoms with Gasteiger partial charge in [-0.25, -0.2) is 9.97 Å².